The molecule has 0 aliphatic carbocycles. The van der Waals surface area contributed by atoms with Crippen LogP contribution in [0.5, 0.6) is 0 Å². The van der Waals surface area contributed by atoms with Crippen LogP contribution in [-0.2, 0) is 0 Å². The van der Waals surface area contributed by atoms with Crippen LogP contribution in [0, 0.1) is 0 Å². The van der Waals surface area contributed by atoms with Gasteiger partial charge >= 0.3 is 0 Å². The number of aromatic nitrogens is 2. The lowest BCUT2D eigenvalue weighted by molar-refractivity contribution is 0.0709. The molecule has 0 bridgehead atoms. The van der Waals surface area contributed by atoms with Gasteiger partial charge in [0.15, 0.2) is 0 Å². The Labute approximate surface area is 192 Å². The van der Waals surface area contributed by atoms with E-state index in [0.29, 0.717) is 35.2 Å². The summed E-state index contributed by atoms with van der Waals surface area (Å²) in [6.07, 6.45) is 8.77. The lowest BCUT2D eigenvalue weighted by atomic mass is 9.89. The first kappa shape index (κ1) is 21.0. The van der Waals surface area contributed by atoms with Gasteiger partial charge in [0.05, 0.1) is 17.3 Å². The van der Waals surface area contributed by atoms with Crippen LogP contribution in [0.15, 0.2) is 48.8 Å². The Morgan fingerprint density at radius 1 is 0.906 bits per heavy atom. The van der Waals surface area contributed by atoms with Crippen molar-refractivity contribution in [1.29, 1.82) is 0 Å². The fourth-order valence-electron chi connectivity index (χ4n) is 4.90. The third-order valence-corrected chi connectivity index (χ3v) is 6.98. The van der Waals surface area contributed by atoms with Crippen molar-refractivity contribution in [3.63, 3.8) is 0 Å². The number of hydrogen-bond donors (Lipinski definition) is 0. The summed E-state index contributed by atoms with van der Waals surface area (Å²) >= 11 is 6.05. The van der Waals surface area contributed by atoms with E-state index in [1.54, 1.807) is 22.8 Å². The average Bonchev–Trinajstić information content (AvgIpc) is 3.27. The van der Waals surface area contributed by atoms with Gasteiger partial charge in [0.1, 0.15) is 0 Å². The molecule has 0 radical (unpaired) electrons. The molecule has 32 heavy (non-hydrogen) atoms. The molecular weight excluding hydrogens is 424 g/mol. The highest BCUT2D eigenvalue weighted by molar-refractivity contribution is 6.30. The Balaban J connectivity index is 1.30. The van der Waals surface area contributed by atoms with Gasteiger partial charge in [-0.05, 0) is 73.9 Å². The first-order chi connectivity index (χ1) is 15.6. The molecule has 0 saturated carbocycles. The summed E-state index contributed by atoms with van der Waals surface area (Å²) < 4.78 is 1.79. The monoisotopic (exact) mass is 450 g/mol. The molecule has 0 unspecified atom stereocenters. The van der Waals surface area contributed by atoms with E-state index in [-0.39, 0.29) is 11.8 Å². The Bertz CT molecular complexity index is 1140. The van der Waals surface area contributed by atoms with Crippen LogP contribution in [0.25, 0.3) is 5.52 Å². The number of likely N-dealkylation sites (tertiary alicyclic amines) is 2. The summed E-state index contributed by atoms with van der Waals surface area (Å²) in [7, 11) is 0. The molecule has 3 aromatic rings. The number of rotatable bonds is 3. The Morgan fingerprint density at radius 3 is 2.41 bits per heavy atom. The van der Waals surface area contributed by atoms with E-state index in [0.717, 1.165) is 44.3 Å². The van der Waals surface area contributed by atoms with Gasteiger partial charge < -0.3 is 9.80 Å². The summed E-state index contributed by atoms with van der Waals surface area (Å²) in [5.74, 6) is 0.474. The van der Waals surface area contributed by atoms with E-state index in [1.165, 1.54) is 12.0 Å². The van der Waals surface area contributed by atoms with Gasteiger partial charge in [-0.25, -0.2) is 4.52 Å². The average molecular weight is 451 g/mol. The van der Waals surface area contributed by atoms with Gasteiger partial charge in [-0.2, -0.15) is 5.10 Å². The molecule has 1 aromatic carbocycles. The van der Waals surface area contributed by atoms with Gasteiger partial charge in [-0.3, -0.25) is 9.59 Å². The van der Waals surface area contributed by atoms with Crippen LogP contribution in [-0.4, -0.2) is 57.4 Å². The molecule has 2 aromatic heterocycles. The number of fused-ring (bicyclic) bond motifs is 1. The smallest absolute Gasteiger partial charge is 0.257 e. The first-order valence-corrected chi connectivity index (χ1v) is 11.8. The molecule has 0 N–H and O–H groups in total. The van der Waals surface area contributed by atoms with E-state index in [9.17, 15) is 9.59 Å². The van der Waals surface area contributed by atoms with Crippen LogP contribution in [0.1, 0.15) is 64.3 Å². The number of amides is 2. The lowest BCUT2D eigenvalue weighted by Crippen LogP contribution is -2.38. The van der Waals surface area contributed by atoms with Crippen molar-refractivity contribution in [2.45, 2.75) is 38.0 Å². The molecule has 6 nitrogen and oxygen atoms in total. The highest BCUT2D eigenvalue weighted by atomic mass is 35.5. The molecule has 0 spiro atoms. The fourth-order valence-corrected chi connectivity index (χ4v) is 5.09. The van der Waals surface area contributed by atoms with Crippen molar-refractivity contribution in [1.82, 2.24) is 19.4 Å². The van der Waals surface area contributed by atoms with Gasteiger partial charge in [-0.1, -0.05) is 17.7 Å². The standard InChI is InChI=1S/C25H27ClN4O2/c26-21-6-4-5-20(15-21)24(31)29-12-7-18(8-13-29)19-9-14-30-23(16-19)22(17-27-30)25(32)28-10-2-1-3-11-28/h4-6,9,14-18H,1-3,7-8,10-13H2. The maximum absolute atomic E-state index is 13.1. The molecule has 2 aliphatic heterocycles. The third kappa shape index (κ3) is 4.11. The summed E-state index contributed by atoms with van der Waals surface area (Å²) in [5, 5.41) is 4.98. The highest BCUT2D eigenvalue weighted by Crippen LogP contribution is 2.30. The largest absolute Gasteiger partial charge is 0.339 e. The zero-order chi connectivity index (χ0) is 22.1. The predicted molar refractivity (Wildman–Crippen MR) is 124 cm³/mol. The summed E-state index contributed by atoms with van der Waals surface area (Å²) in [6.45, 7) is 3.07. The molecule has 7 heteroatoms. The van der Waals surface area contributed by atoms with Gasteiger partial charge in [0.2, 0.25) is 0 Å². The van der Waals surface area contributed by atoms with Crippen LogP contribution < -0.4 is 0 Å². The minimum absolute atomic E-state index is 0.0339. The molecule has 0 atom stereocenters. The normalized spacial score (nSPS) is 17.7. The number of pyridine rings is 1. The zero-order valence-electron chi connectivity index (χ0n) is 18.0. The topological polar surface area (TPSA) is 57.9 Å². The quantitative estimate of drug-likeness (QED) is 0.584. The molecule has 5 rings (SSSR count). The number of hydrogen-bond acceptors (Lipinski definition) is 3. The van der Waals surface area contributed by atoms with E-state index in [1.807, 2.05) is 28.1 Å². The summed E-state index contributed by atoms with van der Waals surface area (Å²) in [5.41, 5.74) is 3.40. The number of nitrogens with zero attached hydrogens (tertiary/aromatic N) is 4. The second-order valence-electron chi connectivity index (χ2n) is 8.78. The van der Waals surface area contributed by atoms with Crippen LogP contribution >= 0.6 is 11.6 Å². The van der Waals surface area contributed by atoms with Crippen molar-refractivity contribution >= 4 is 28.9 Å². The van der Waals surface area contributed by atoms with E-state index in [4.69, 9.17) is 11.6 Å². The second kappa shape index (κ2) is 8.94. The van der Waals surface area contributed by atoms with Crippen molar-refractivity contribution < 1.29 is 9.59 Å². The Kier molecular flexibility index (Phi) is 5.87. The van der Waals surface area contributed by atoms with Crippen molar-refractivity contribution in [2.75, 3.05) is 26.2 Å². The van der Waals surface area contributed by atoms with Crippen LogP contribution in [0.4, 0.5) is 0 Å². The third-order valence-electron chi connectivity index (χ3n) is 6.74. The van der Waals surface area contributed by atoms with Gasteiger partial charge in [0, 0.05) is 43.0 Å². The van der Waals surface area contributed by atoms with Crippen LogP contribution in [0.3, 0.4) is 0 Å². The molecule has 2 fully saturated rings. The molecule has 2 amide bonds. The van der Waals surface area contributed by atoms with Crippen molar-refractivity contribution in [3.05, 3.63) is 70.5 Å². The van der Waals surface area contributed by atoms with Crippen molar-refractivity contribution in [2.24, 2.45) is 0 Å². The first-order valence-electron chi connectivity index (χ1n) is 11.4. The minimum atomic E-state index is 0.0339. The maximum Gasteiger partial charge on any atom is 0.257 e. The maximum atomic E-state index is 13.1. The SMILES string of the molecule is O=C(c1cccc(Cl)c1)N1CCC(c2ccn3ncc(C(=O)N4CCCCC4)c3c2)CC1. The molecule has 166 valence electrons. The number of halogens is 1. The number of benzene rings is 1. The molecular formula is C25H27ClN4O2. The summed E-state index contributed by atoms with van der Waals surface area (Å²) in [4.78, 5) is 29.7. The van der Waals surface area contributed by atoms with Gasteiger partial charge in [-0.15, -0.1) is 0 Å². The highest BCUT2D eigenvalue weighted by Gasteiger charge is 2.26. The Morgan fingerprint density at radius 2 is 1.66 bits per heavy atom. The van der Waals surface area contributed by atoms with E-state index >= 15 is 0 Å². The van der Waals surface area contributed by atoms with E-state index < -0.39 is 0 Å². The molecule has 2 aliphatic rings. The van der Waals surface area contributed by atoms with Crippen LogP contribution in [0.2, 0.25) is 5.02 Å². The number of piperidine rings is 2. The number of carbonyl (C=O) groups is 2. The molecule has 4 heterocycles. The number of carbonyl (C=O) groups excluding carboxylic acids is 2. The lowest BCUT2D eigenvalue weighted by Gasteiger charge is -2.32. The van der Waals surface area contributed by atoms with Gasteiger partial charge in [0.25, 0.3) is 11.8 Å². The minimum Gasteiger partial charge on any atom is -0.339 e. The summed E-state index contributed by atoms with van der Waals surface area (Å²) in [6, 6.07) is 11.3. The Hall–Kier alpha value is -2.86. The molecule has 2 saturated heterocycles. The second-order valence-corrected chi connectivity index (χ2v) is 9.21. The van der Waals surface area contributed by atoms with E-state index in [2.05, 4.69) is 17.2 Å². The van der Waals surface area contributed by atoms with Crippen molar-refractivity contribution in [3.8, 4) is 0 Å². The predicted octanol–water partition coefficient (Wildman–Crippen LogP) is 4.63. The fraction of sp³-hybridized carbons (Fsp3) is 0.400. The zero-order valence-corrected chi connectivity index (χ0v) is 18.8.